The normalized spacial score (nSPS) is 50.1. The maximum atomic E-state index is 2.64. The summed E-state index contributed by atoms with van der Waals surface area (Å²) in [5.74, 6) is 0. The summed E-state index contributed by atoms with van der Waals surface area (Å²) in [5.41, 5.74) is 3.07. The van der Waals surface area contributed by atoms with Crippen molar-refractivity contribution in [2.75, 3.05) is 0 Å². The summed E-state index contributed by atoms with van der Waals surface area (Å²) in [6, 6.07) is 0. The Morgan fingerprint density at radius 2 is 1.10 bits per heavy atom. The highest BCUT2D eigenvalue weighted by Gasteiger charge is 2.62. The first-order valence-corrected chi connectivity index (χ1v) is 8.99. The van der Waals surface area contributed by atoms with Gasteiger partial charge in [-0.25, -0.2) is 0 Å². The van der Waals surface area contributed by atoms with Crippen LogP contribution in [0, 0.1) is 27.1 Å². The van der Waals surface area contributed by atoms with Crippen molar-refractivity contribution in [2.45, 2.75) is 99.3 Å². The molecule has 0 N–H and O–H groups in total. The zero-order chi connectivity index (χ0) is 14.9. The molecule has 0 radical (unpaired) electrons. The average Bonchev–Trinajstić information content (AvgIpc) is 2.42. The van der Waals surface area contributed by atoms with E-state index < -0.39 is 0 Å². The van der Waals surface area contributed by atoms with E-state index in [1.54, 1.807) is 0 Å². The molecular weight excluding hydrogens is 240 g/mol. The molecule has 0 nitrogen and oxygen atoms in total. The Morgan fingerprint density at radius 1 is 0.500 bits per heavy atom. The number of hydrogen-bond acceptors (Lipinski definition) is 0. The predicted molar refractivity (Wildman–Crippen MR) is 87.8 cm³/mol. The quantitative estimate of drug-likeness (QED) is 0.468. The molecule has 0 amide bonds. The molecule has 0 aromatic carbocycles. The molecule has 3 saturated carbocycles. The largest absolute Gasteiger partial charge is 0.0599 e. The first-order valence-electron chi connectivity index (χ1n) is 8.99. The van der Waals surface area contributed by atoms with Crippen LogP contribution in [-0.2, 0) is 0 Å². The van der Waals surface area contributed by atoms with Gasteiger partial charge in [-0.15, -0.1) is 0 Å². The third-order valence-electron chi connectivity index (χ3n) is 7.62. The van der Waals surface area contributed by atoms with Crippen LogP contribution in [0.5, 0.6) is 0 Å². The van der Waals surface area contributed by atoms with Crippen molar-refractivity contribution in [3.63, 3.8) is 0 Å². The Balaban J connectivity index is 1.90. The van der Waals surface area contributed by atoms with Gasteiger partial charge in [0, 0.05) is 0 Å². The Bertz CT molecular complexity index is 404. The first-order chi connectivity index (χ1) is 8.99. The topological polar surface area (TPSA) is 0 Å². The molecular formula is C20H36. The maximum absolute atomic E-state index is 2.64. The molecule has 3 fully saturated rings. The molecule has 0 saturated heterocycles. The predicted octanol–water partition coefficient (Wildman–Crippen LogP) is 6.59. The minimum Gasteiger partial charge on any atom is -0.0599 e. The van der Waals surface area contributed by atoms with Gasteiger partial charge in [0.2, 0.25) is 0 Å². The van der Waals surface area contributed by atoms with Crippen LogP contribution in [0.1, 0.15) is 99.3 Å². The lowest BCUT2D eigenvalue weighted by atomic mass is 9.53. The van der Waals surface area contributed by atoms with Gasteiger partial charge in [0.1, 0.15) is 0 Å². The van der Waals surface area contributed by atoms with Crippen LogP contribution in [-0.4, -0.2) is 0 Å². The molecule has 0 heteroatoms. The molecule has 20 heavy (non-hydrogen) atoms. The summed E-state index contributed by atoms with van der Waals surface area (Å²) < 4.78 is 0. The Labute approximate surface area is 127 Å². The van der Waals surface area contributed by atoms with Gasteiger partial charge in [0.15, 0.2) is 0 Å². The molecule has 3 atom stereocenters. The molecule has 3 unspecified atom stereocenters. The van der Waals surface area contributed by atoms with Crippen molar-refractivity contribution in [1.82, 2.24) is 0 Å². The number of fused-ring (bicyclic) bond motifs is 1. The molecule has 0 aromatic heterocycles. The minimum atomic E-state index is 0.573. The summed E-state index contributed by atoms with van der Waals surface area (Å²) in [6.45, 7) is 15.3. The van der Waals surface area contributed by atoms with Crippen molar-refractivity contribution in [3.8, 4) is 0 Å². The number of rotatable bonds is 0. The molecule has 0 bridgehead atoms. The van der Waals surface area contributed by atoms with E-state index in [9.17, 15) is 0 Å². The van der Waals surface area contributed by atoms with Gasteiger partial charge in [-0.1, -0.05) is 48.0 Å². The Kier molecular flexibility index (Phi) is 3.02. The Hall–Kier alpha value is 0. The van der Waals surface area contributed by atoms with E-state index in [0.29, 0.717) is 27.1 Å². The fraction of sp³-hybridized carbons (Fsp3) is 1.00. The van der Waals surface area contributed by atoms with Gasteiger partial charge in [-0.05, 0) is 78.4 Å². The zero-order valence-electron chi connectivity index (χ0n) is 14.9. The van der Waals surface area contributed by atoms with Crippen LogP contribution in [0.3, 0.4) is 0 Å². The van der Waals surface area contributed by atoms with Gasteiger partial charge >= 0.3 is 0 Å². The molecule has 0 aromatic rings. The molecule has 3 rings (SSSR count). The maximum Gasteiger partial charge on any atom is -0.0261 e. The van der Waals surface area contributed by atoms with Crippen LogP contribution in [0.25, 0.3) is 0 Å². The van der Waals surface area contributed by atoms with E-state index in [-0.39, 0.29) is 0 Å². The highest BCUT2D eigenvalue weighted by atomic mass is 14.7. The van der Waals surface area contributed by atoms with E-state index >= 15 is 0 Å². The van der Waals surface area contributed by atoms with Crippen molar-refractivity contribution in [1.29, 1.82) is 0 Å². The number of hydrogen-bond donors (Lipinski definition) is 0. The molecule has 3 aliphatic rings. The fourth-order valence-corrected chi connectivity index (χ4v) is 7.01. The summed E-state index contributed by atoms with van der Waals surface area (Å²) in [6.07, 6.45) is 13.3. The van der Waals surface area contributed by atoms with Crippen molar-refractivity contribution >= 4 is 0 Å². The summed E-state index contributed by atoms with van der Waals surface area (Å²) in [5, 5.41) is 0. The second-order valence-corrected chi connectivity index (χ2v) is 11.0. The van der Waals surface area contributed by atoms with E-state index in [1.807, 2.05) is 0 Å². The summed E-state index contributed by atoms with van der Waals surface area (Å²) >= 11 is 0. The zero-order valence-corrected chi connectivity index (χ0v) is 14.9. The van der Waals surface area contributed by atoms with Crippen molar-refractivity contribution < 1.29 is 0 Å². The lowest BCUT2D eigenvalue weighted by molar-refractivity contribution is -0.0131. The standard InChI is InChI=1S/C20H36/c1-16(2)8-7-9-20(13-16)14-18(5)11-10-17(3,4)12-19(18,6)15-20/h7-15H2,1-6H3. The van der Waals surface area contributed by atoms with E-state index in [2.05, 4.69) is 41.5 Å². The summed E-state index contributed by atoms with van der Waals surface area (Å²) in [7, 11) is 0. The van der Waals surface area contributed by atoms with Crippen molar-refractivity contribution in [3.05, 3.63) is 0 Å². The fourth-order valence-electron chi connectivity index (χ4n) is 7.01. The molecule has 0 heterocycles. The van der Waals surface area contributed by atoms with Crippen molar-refractivity contribution in [2.24, 2.45) is 27.1 Å². The van der Waals surface area contributed by atoms with Crippen LogP contribution in [0.4, 0.5) is 0 Å². The third-order valence-corrected chi connectivity index (χ3v) is 7.62. The second kappa shape index (κ2) is 4.05. The van der Waals surface area contributed by atoms with Crippen LogP contribution in [0.2, 0.25) is 0 Å². The van der Waals surface area contributed by atoms with Gasteiger partial charge in [-0.3, -0.25) is 0 Å². The minimum absolute atomic E-state index is 0.573. The van der Waals surface area contributed by atoms with Crippen LogP contribution in [0.15, 0.2) is 0 Å². The average molecular weight is 277 g/mol. The van der Waals surface area contributed by atoms with Gasteiger partial charge in [0.05, 0.1) is 0 Å². The lowest BCUT2D eigenvalue weighted by Crippen LogP contribution is -2.41. The Morgan fingerprint density at radius 3 is 1.75 bits per heavy atom. The van der Waals surface area contributed by atoms with E-state index in [4.69, 9.17) is 0 Å². The van der Waals surface area contributed by atoms with Gasteiger partial charge < -0.3 is 0 Å². The highest BCUT2D eigenvalue weighted by Crippen LogP contribution is 2.72. The van der Waals surface area contributed by atoms with Gasteiger partial charge in [-0.2, -0.15) is 0 Å². The SMILES string of the molecule is CC1(C)CCCC2(C1)CC1(C)CCC(C)(C)CC1(C)C2. The van der Waals surface area contributed by atoms with E-state index in [0.717, 1.165) is 0 Å². The molecule has 116 valence electrons. The van der Waals surface area contributed by atoms with Crippen LogP contribution < -0.4 is 0 Å². The third kappa shape index (κ3) is 2.26. The van der Waals surface area contributed by atoms with E-state index in [1.165, 1.54) is 57.8 Å². The second-order valence-electron chi connectivity index (χ2n) is 11.0. The van der Waals surface area contributed by atoms with Crippen LogP contribution >= 0.6 is 0 Å². The monoisotopic (exact) mass is 276 g/mol. The molecule has 1 spiro atoms. The van der Waals surface area contributed by atoms with Gasteiger partial charge in [0.25, 0.3) is 0 Å². The summed E-state index contributed by atoms with van der Waals surface area (Å²) in [4.78, 5) is 0. The first kappa shape index (κ1) is 14.9. The molecule has 0 aliphatic heterocycles. The smallest absolute Gasteiger partial charge is 0.0261 e. The highest BCUT2D eigenvalue weighted by molar-refractivity contribution is 5.12. The lowest BCUT2D eigenvalue weighted by Gasteiger charge is -2.51. The molecule has 3 aliphatic carbocycles.